The minimum absolute atomic E-state index is 0.00463. The Morgan fingerprint density at radius 1 is 1.67 bits per heavy atom. The molecule has 0 amide bonds. The zero-order valence-corrected chi connectivity index (χ0v) is 5.13. The maximum absolute atomic E-state index is 8.74. The molecule has 0 atom stereocenters. The summed E-state index contributed by atoms with van der Waals surface area (Å²) in [5.74, 6) is -0.158. The van der Waals surface area contributed by atoms with Crippen LogP contribution >= 0.6 is 11.6 Å². The molecule has 48 valence electrons. The molecule has 0 radical (unpaired) electrons. The molecule has 4 nitrogen and oxygen atoms in total. The van der Waals surface area contributed by atoms with E-state index in [-0.39, 0.29) is 16.9 Å². The van der Waals surface area contributed by atoms with Crippen LogP contribution in [-0.4, -0.2) is 15.1 Å². The van der Waals surface area contributed by atoms with Crippen LogP contribution in [0.4, 0.5) is 5.82 Å². The lowest BCUT2D eigenvalue weighted by molar-refractivity contribution is 0.473. The number of aromatic nitrogens is 2. The van der Waals surface area contributed by atoms with E-state index >= 15 is 0 Å². The Bertz CT molecular complexity index is 227. The van der Waals surface area contributed by atoms with Crippen molar-refractivity contribution < 1.29 is 5.11 Å². The number of hydrogen-bond acceptors (Lipinski definition) is 4. The monoisotopic (exact) mass is 145 g/mol. The van der Waals surface area contributed by atoms with E-state index in [2.05, 4.69) is 9.97 Å². The van der Waals surface area contributed by atoms with Gasteiger partial charge in [0.2, 0.25) is 5.28 Å². The quantitative estimate of drug-likeness (QED) is 0.519. The number of halogens is 1. The van der Waals surface area contributed by atoms with Gasteiger partial charge in [0, 0.05) is 0 Å². The lowest BCUT2D eigenvalue weighted by Gasteiger charge is -1.93. The molecular weight excluding hydrogens is 142 g/mol. The Morgan fingerprint density at radius 2 is 2.33 bits per heavy atom. The summed E-state index contributed by atoms with van der Waals surface area (Å²) >= 11 is 5.30. The molecular formula is C4H4ClN3O. The minimum atomic E-state index is -0.153. The second kappa shape index (κ2) is 2.06. The SMILES string of the molecule is Nc1nc(Cl)ncc1O. The fourth-order valence-electron chi connectivity index (χ4n) is 0.366. The van der Waals surface area contributed by atoms with E-state index in [1.54, 1.807) is 0 Å². The first kappa shape index (κ1) is 6.10. The van der Waals surface area contributed by atoms with E-state index in [9.17, 15) is 0 Å². The first-order chi connectivity index (χ1) is 4.20. The number of nitrogens with two attached hydrogens (primary N) is 1. The molecule has 0 aliphatic heterocycles. The number of rotatable bonds is 0. The van der Waals surface area contributed by atoms with Crippen molar-refractivity contribution in [3.63, 3.8) is 0 Å². The largest absolute Gasteiger partial charge is 0.503 e. The van der Waals surface area contributed by atoms with E-state index < -0.39 is 0 Å². The second-order valence-electron chi connectivity index (χ2n) is 1.41. The molecule has 1 aromatic rings. The summed E-state index contributed by atoms with van der Waals surface area (Å²) in [6, 6.07) is 0. The topological polar surface area (TPSA) is 72.0 Å². The van der Waals surface area contributed by atoms with E-state index in [0.29, 0.717) is 0 Å². The Labute approximate surface area is 56.3 Å². The molecule has 1 aromatic heterocycles. The number of nitrogen functional groups attached to an aromatic ring is 1. The average molecular weight is 146 g/mol. The summed E-state index contributed by atoms with van der Waals surface area (Å²) < 4.78 is 0. The van der Waals surface area contributed by atoms with Crippen LogP contribution in [0.3, 0.4) is 0 Å². The van der Waals surface area contributed by atoms with Crippen LogP contribution < -0.4 is 5.73 Å². The number of nitrogens with zero attached hydrogens (tertiary/aromatic N) is 2. The van der Waals surface area contributed by atoms with Crippen LogP contribution in [0.25, 0.3) is 0 Å². The van der Waals surface area contributed by atoms with Gasteiger partial charge in [-0.05, 0) is 11.6 Å². The molecule has 5 heteroatoms. The third-order valence-electron chi connectivity index (χ3n) is 0.769. The normalized spacial score (nSPS) is 9.44. The van der Waals surface area contributed by atoms with Gasteiger partial charge in [0.05, 0.1) is 6.20 Å². The standard InChI is InChI=1S/C4H4ClN3O/c5-4-7-1-2(9)3(6)8-4/h1,9H,(H2,6,7,8). The van der Waals surface area contributed by atoms with Gasteiger partial charge < -0.3 is 10.8 Å². The zero-order valence-electron chi connectivity index (χ0n) is 4.37. The van der Waals surface area contributed by atoms with Crippen LogP contribution in [0.2, 0.25) is 5.28 Å². The van der Waals surface area contributed by atoms with E-state index in [1.807, 2.05) is 0 Å². The van der Waals surface area contributed by atoms with Gasteiger partial charge in [0.15, 0.2) is 11.6 Å². The Hall–Kier alpha value is -1.03. The molecule has 0 spiro atoms. The van der Waals surface area contributed by atoms with Crippen molar-refractivity contribution in [3.8, 4) is 5.75 Å². The molecule has 0 saturated carbocycles. The first-order valence-corrected chi connectivity index (χ1v) is 2.55. The fourth-order valence-corrected chi connectivity index (χ4v) is 0.506. The predicted molar refractivity (Wildman–Crippen MR) is 33.1 cm³/mol. The number of anilines is 1. The molecule has 1 heterocycles. The highest BCUT2D eigenvalue weighted by Gasteiger charge is 1.97. The Morgan fingerprint density at radius 3 is 2.78 bits per heavy atom. The van der Waals surface area contributed by atoms with Crippen molar-refractivity contribution in [1.29, 1.82) is 0 Å². The zero-order chi connectivity index (χ0) is 6.85. The van der Waals surface area contributed by atoms with Crippen LogP contribution in [0, 0.1) is 0 Å². The van der Waals surface area contributed by atoms with Crippen molar-refractivity contribution in [2.75, 3.05) is 5.73 Å². The first-order valence-electron chi connectivity index (χ1n) is 2.17. The number of aromatic hydroxyl groups is 1. The minimum Gasteiger partial charge on any atom is -0.503 e. The average Bonchev–Trinajstić information content (AvgIpc) is 1.80. The van der Waals surface area contributed by atoms with E-state index in [4.69, 9.17) is 22.4 Å². The van der Waals surface area contributed by atoms with Gasteiger partial charge in [-0.3, -0.25) is 0 Å². The lowest BCUT2D eigenvalue weighted by atomic mass is 10.5. The molecule has 0 unspecified atom stereocenters. The van der Waals surface area contributed by atoms with Gasteiger partial charge in [0.25, 0.3) is 0 Å². The maximum Gasteiger partial charge on any atom is 0.224 e. The third kappa shape index (κ3) is 1.20. The fraction of sp³-hybridized carbons (Fsp3) is 0. The summed E-state index contributed by atoms with van der Waals surface area (Å²) in [5.41, 5.74) is 5.14. The summed E-state index contributed by atoms with van der Waals surface area (Å²) in [4.78, 5) is 6.92. The number of hydrogen-bond donors (Lipinski definition) is 2. The molecule has 0 aliphatic carbocycles. The van der Waals surface area contributed by atoms with Crippen LogP contribution in [-0.2, 0) is 0 Å². The smallest absolute Gasteiger partial charge is 0.224 e. The van der Waals surface area contributed by atoms with Gasteiger partial charge in [0.1, 0.15) is 0 Å². The molecule has 1 rings (SSSR count). The third-order valence-corrected chi connectivity index (χ3v) is 0.951. The van der Waals surface area contributed by atoms with Crippen molar-refractivity contribution in [2.24, 2.45) is 0 Å². The highest BCUT2D eigenvalue weighted by Crippen LogP contribution is 2.15. The predicted octanol–water partition coefficient (Wildman–Crippen LogP) is 0.418. The van der Waals surface area contributed by atoms with Crippen molar-refractivity contribution in [2.45, 2.75) is 0 Å². The summed E-state index contributed by atoms with van der Waals surface area (Å²) in [6.45, 7) is 0. The molecule has 0 fully saturated rings. The van der Waals surface area contributed by atoms with E-state index in [1.165, 1.54) is 0 Å². The highest BCUT2D eigenvalue weighted by molar-refractivity contribution is 6.28. The van der Waals surface area contributed by atoms with Gasteiger partial charge in [-0.1, -0.05) is 0 Å². The molecule has 0 saturated heterocycles. The van der Waals surface area contributed by atoms with Crippen molar-refractivity contribution in [3.05, 3.63) is 11.5 Å². The van der Waals surface area contributed by atoms with E-state index in [0.717, 1.165) is 6.20 Å². The van der Waals surface area contributed by atoms with Crippen LogP contribution in [0.15, 0.2) is 6.20 Å². The van der Waals surface area contributed by atoms with Crippen LogP contribution in [0.1, 0.15) is 0 Å². The van der Waals surface area contributed by atoms with Gasteiger partial charge in [-0.15, -0.1) is 0 Å². The van der Waals surface area contributed by atoms with Crippen molar-refractivity contribution in [1.82, 2.24) is 9.97 Å². The highest BCUT2D eigenvalue weighted by atomic mass is 35.5. The van der Waals surface area contributed by atoms with Crippen LogP contribution in [0.5, 0.6) is 5.75 Å². The molecule has 0 bridgehead atoms. The molecule has 0 aromatic carbocycles. The summed E-state index contributed by atoms with van der Waals surface area (Å²) in [6.07, 6.45) is 1.14. The molecule has 3 N–H and O–H groups in total. The molecule has 0 aliphatic rings. The lowest BCUT2D eigenvalue weighted by Crippen LogP contribution is -1.91. The molecule has 9 heavy (non-hydrogen) atoms. The van der Waals surface area contributed by atoms with Gasteiger partial charge in [-0.25, -0.2) is 4.98 Å². The Kier molecular flexibility index (Phi) is 1.40. The summed E-state index contributed by atoms with van der Waals surface area (Å²) in [5, 5.41) is 8.77. The second-order valence-corrected chi connectivity index (χ2v) is 1.75. The van der Waals surface area contributed by atoms with Gasteiger partial charge >= 0.3 is 0 Å². The van der Waals surface area contributed by atoms with Crippen molar-refractivity contribution >= 4 is 17.4 Å². The maximum atomic E-state index is 8.74. The Balaban J connectivity index is 3.17. The van der Waals surface area contributed by atoms with Gasteiger partial charge in [-0.2, -0.15) is 4.98 Å². The summed E-state index contributed by atoms with van der Waals surface area (Å²) in [7, 11) is 0.